The van der Waals surface area contributed by atoms with Crippen molar-refractivity contribution in [3.63, 3.8) is 0 Å². The minimum atomic E-state index is -0.625. The van der Waals surface area contributed by atoms with E-state index in [2.05, 4.69) is 15.3 Å². The third-order valence-corrected chi connectivity index (χ3v) is 2.23. The number of halogens is 1. The molecule has 0 saturated carbocycles. The molecule has 0 aliphatic heterocycles. The van der Waals surface area contributed by atoms with Crippen molar-refractivity contribution in [3.8, 4) is 11.8 Å². The van der Waals surface area contributed by atoms with E-state index in [-0.39, 0.29) is 0 Å². The summed E-state index contributed by atoms with van der Waals surface area (Å²) in [6.07, 6.45) is 1.12. The van der Waals surface area contributed by atoms with Crippen molar-refractivity contribution in [1.29, 1.82) is 5.26 Å². The number of nitriles is 1. The van der Waals surface area contributed by atoms with Gasteiger partial charge in [-0.25, -0.2) is 9.97 Å². The first kappa shape index (κ1) is 11.8. The van der Waals surface area contributed by atoms with Gasteiger partial charge in [-0.1, -0.05) is 0 Å². The van der Waals surface area contributed by atoms with Crippen molar-refractivity contribution in [1.82, 2.24) is 9.97 Å². The zero-order valence-electron chi connectivity index (χ0n) is 9.51. The fraction of sp³-hybridized carbons (Fsp3) is 0.0833. The molecule has 0 radical (unpaired) electrons. The van der Waals surface area contributed by atoms with Crippen LogP contribution in [0.15, 0.2) is 30.6 Å². The highest BCUT2D eigenvalue weighted by atomic mass is 19.1. The first-order valence-electron chi connectivity index (χ1n) is 5.05. The smallest absolute Gasteiger partial charge is 0.218 e. The van der Waals surface area contributed by atoms with Crippen LogP contribution in [0.4, 0.5) is 15.9 Å². The van der Waals surface area contributed by atoms with Gasteiger partial charge in [0.2, 0.25) is 5.95 Å². The molecule has 2 rings (SSSR count). The lowest BCUT2D eigenvalue weighted by Gasteiger charge is -2.10. The fourth-order valence-corrected chi connectivity index (χ4v) is 1.40. The van der Waals surface area contributed by atoms with Gasteiger partial charge in [0.05, 0.1) is 24.4 Å². The molecule has 1 aromatic carbocycles. The number of hydrogen-bond acceptors (Lipinski definition) is 5. The summed E-state index contributed by atoms with van der Waals surface area (Å²) < 4.78 is 18.0. The topological polar surface area (TPSA) is 70.8 Å². The van der Waals surface area contributed by atoms with E-state index in [4.69, 9.17) is 10.00 Å². The van der Waals surface area contributed by atoms with Crippen LogP contribution in [0.3, 0.4) is 0 Å². The summed E-state index contributed by atoms with van der Waals surface area (Å²) in [4.78, 5) is 7.23. The van der Waals surface area contributed by atoms with Crippen LogP contribution in [0.1, 0.15) is 5.56 Å². The average molecular weight is 244 g/mol. The van der Waals surface area contributed by atoms with Gasteiger partial charge >= 0.3 is 0 Å². The van der Waals surface area contributed by atoms with Crippen LogP contribution in [0.5, 0.6) is 5.75 Å². The number of nitrogens with one attached hydrogen (secondary N) is 1. The molecule has 0 atom stereocenters. The Balaban J connectivity index is 2.32. The van der Waals surface area contributed by atoms with Crippen LogP contribution in [0, 0.1) is 17.3 Å². The van der Waals surface area contributed by atoms with Gasteiger partial charge in [0.1, 0.15) is 17.9 Å². The molecule has 1 aromatic heterocycles. The molecule has 18 heavy (non-hydrogen) atoms. The van der Waals surface area contributed by atoms with Gasteiger partial charge in [-0.2, -0.15) is 9.65 Å². The maximum Gasteiger partial charge on any atom is 0.218 e. The van der Waals surface area contributed by atoms with E-state index in [9.17, 15) is 4.39 Å². The molecule has 0 saturated heterocycles. The third kappa shape index (κ3) is 2.52. The molecule has 0 aliphatic carbocycles. The van der Waals surface area contributed by atoms with Crippen LogP contribution < -0.4 is 10.1 Å². The minimum Gasteiger partial charge on any atom is -0.495 e. The van der Waals surface area contributed by atoms with Crippen molar-refractivity contribution in [2.45, 2.75) is 0 Å². The monoisotopic (exact) mass is 244 g/mol. The van der Waals surface area contributed by atoms with Gasteiger partial charge in [0, 0.05) is 12.1 Å². The maximum absolute atomic E-state index is 12.9. The molecular formula is C12H9FN4O. The molecule has 1 heterocycles. The number of anilines is 2. The standard InChI is InChI=1S/C12H9FN4O/c1-18-10-4-8(6-14)2-3-9(10)17-12-5-11(13)15-7-16-12/h2-5,7H,1H3,(H,15,16,17). The second-order valence-electron chi connectivity index (χ2n) is 3.38. The third-order valence-electron chi connectivity index (χ3n) is 2.23. The first-order chi connectivity index (χ1) is 8.72. The number of rotatable bonds is 3. The number of hydrogen-bond donors (Lipinski definition) is 1. The van der Waals surface area contributed by atoms with Gasteiger partial charge in [-0.3, -0.25) is 0 Å². The SMILES string of the molecule is COc1cc(C#N)ccc1Nc1cc(F)ncn1. The molecule has 0 unspecified atom stereocenters. The predicted octanol–water partition coefficient (Wildman–Crippen LogP) is 2.24. The number of methoxy groups -OCH3 is 1. The van der Waals surface area contributed by atoms with Gasteiger partial charge in [-0.15, -0.1) is 0 Å². The summed E-state index contributed by atoms with van der Waals surface area (Å²) in [5, 5.41) is 11.7. The van der Waals surface area contributed by atoms with Gasteiger partial charge < -0.3 is 10.1 Å². The Labute approximate surface area is 103 Å². The molecule has 0 amide bonds. The summed E-state index contributed by atoms with van der Waals surface area (Å²) in [6, 6.07) is 8.05. The van der Waals surface area contributed by atoms with Crippen molar-refractivity contribution in [3.05, 3.63) is 42.1 Å². The Bertz CT molecular complexity index is 609. The number of aromatic nitrogens is 2. The number of ether oxygens (including phenoxy) is 1. The Kier molecular flexibility index (Phi) is 3.34. The Morgan fingerprint density at radius 1 is 1.33 bits per heavy atom. The van der Waals surface area contributed by atoms with Gasteiger partial charge in [-0.05, 0) is 12.1 Å². The van der Waals surface area contributed by atoms with E-state index in [1.165, 1.54) is 7.11 Å². The zero-order chi connectivity index (χ0) is 13.0. The van der Waals surface area contributed by atoms with Crippen LogP contribution in [-0.4, -0.2) is 17.1 Å². The summed E-state index contributed by atoms with van der Waals surface area (Å²) >= 11 is 0. The molecular weight excluding hydrogens is 235 g/mol. The lowest BCUT2D eigenvalue weighted by Crippen LogP contribution is -1.98. The van der Waals surface area contributed by atoms with E-state index < -0.39 is 5.95 Å². The molecule has 0 aliphatic rings. The number of benzene rings is 1. The molecule has 0 bridgehead atoms. The largest absolute Gasteiger partial charge is 0.495 e. The highest BCUT2D eigenvalue weighted by Crippen LogP contribution is 2.27. The Morgan fingerprint density at radius 2 is 2.17 bits per heavy atom. The molecule has 5 nitrogen and oxygen atoms in total. The van der Waals surface area contributed by atoms with Crippen molar-refractivity contribution >= 4 is 11.5 Å². The highest BCUT2D eigenvalue weighted by molar-refractivity contribution is 5.65. The normalized spacial score (nSPS) is 9.61. The van der Waals surface area contributed by atoms with E-state index in [0.717, 1.165) is 12.4 Å². The summed E-state index contributed by atoms with van der Waals surface area (Å²) in [6.45, 7) is 0. The second-order valence-corrected chi connectivity index (χ2v) is 3.38. The Hall–Kier alpha value is -2.68. The first-order valence-corrected chi connectivity index (χ1v) is 5.05. The van der Waals surface area contributed by atoms with E-state index >= 15 is 0 Å². The van der Waals surface area contributed by atoms with Gasteiger partial charge in [0.25, 0.3) is 0 Å². The molecule has 1 N–H and O–H groups in total. The van der Waals surface area contributed by atoms with E-state index in [1.54, 1.807) is 18.2 Å². The van der Waals surface area contributed by atoms with Crippen LogP contribution >= 0.6 is 0 Å². The van der Waals surface area contributed by atoms with Crippen molar-refractivity contribution < 1.29 is 9.13 Å². The minimum absolute atomic E-state index is 0.311. The van der Waals surface area contributed by atoms with Crippen molar-refractivity contribution in [2.75, 3.05) is 12.4 Å². The van der Waals surface area contributed by atoms with Crippen LogP contribution in [-0.2, 0) is 0 Å². The summed E-state index contributed by atoms with van der Waals surface area (Å²) in [7, 11) is 1.49. The molecule has 90 valence electrons. The fourth-order valence-electron chi connectivity index (χ4n) is 1.40. The van der Waals surface area contributed by atoms with E-state index in [1.807, 2.05) is 6.07 Å². The summed E-state index contributed by atoms with van der Waals surface area (Å²) in [5.41, 5.74) is 1.07. The maximum atomic E-state index is 12.9. The Morgan fingerprint density at radius 3 is 2.83 bits per heavy atom. The quantitative estimate of drug-likeness (QED) is 0.838. The zero-order valence-corrected chi connectivity index (χ0v) is 9.51. The molecule has 0 spiro atoms. The molecule has 0 fully saturated rings. The van der Waals surface area contributed by atoms with Crippen LogP contribution in [0.25, 0.3) is 0 Å². The van der Waals surface area contributed by atoms with Crippen molar-refractivity contribution in [2.24, 2.45) is 0 Å². The van der Waals surface area contributed by atoms with Crippen LogP contribution in [0.2, 0.25) is 0 Å². The predicted molar refractivity (Wildman–Crippen MR) is 63.0 cm³/mol. The second kappa shape index (κ2) is 5.10. The lowest BCUT2D eigenvalue weighted by molar-refractivity contribution is 0.416. The summed E-state index contributed by atoms with van der Waals surface area (Å²) in [5.74, 6) is 0.165. The average Bonchev–Trinajstić information content (AvgIpc) is 2.39. The highest BCUT2D eigenvalue weighted by Gasteiger charge is 2.06. The van der Waals surface area contributed by atoms with E-state index in [0.29, 0.717) is 22.8 Å². The number of nitrogens with zero attached hydrogens (tertiary/aromatic N) is 3. The molecule has 2 aromatic rings. The molecule has 6 heteroatoms. The lowest BCUT2D eigenvalue weighted by atomic mass is 10.2. The van der Waals surface area contributed by atoms with Gasteiger partial charge in [0.15, 0.2) is 0 Å².